The van der Waals surface area contributed by atoms with Gasteiger partial charge >= 0.3 is 0 Å². The summed E-state index contributed by atoms with van der Waals surface area (Å²) in [6.45, 7) is 12.4. The maximum absolute atomic E-state index is 4.56. The van der Waals surface area contributed by atoms with Crippen LogP contribution in [-0.2, 0) is 0 Å². The van der Waals surface area contributed by atoms with Crippen LogP contribution >= 0.6 is 0 Å². The molecule has 3 heterocycles. The maximum atomic E-state index is 4.56. The molecule has 0 amide bonds. The molecule has 0 atom stereocenters. The Morgan fingerprint density at radius 1 is 0.591 bits per heavy atom. The normalized spacial score (nSPS) is 11.6. The minimum absolute atomic E-state index is 0.226. The molecule has 0 aliphatic rings. The van der Waals surface area contributed by atoms with Gasteiger partial charge in [0.25, 0.3) is 0 Å². The van der Waals surface area contributed by atoms with E-state index in [0.29, 0.717) is 0 Å². The van der Waals surface area contributed by atoms with Crippen molar-refractivity contribution in [2.45, 2.75) is 47.8 Å². The first kappa shape index (κ1) is 14.6. The highest BCUT2D eigenvalue weighted by Crippen LogP contribution is 2.22. The van der Waals surface area contributed by atoms with E-state index in [1.807, 2.05) is 32.6 Å². The number of aryl methyl sites for hydroxylation is 3. The molecule has 0 aromatic carbocycles. The van der Waals surface area contributed by atoms with Crippen molar-refractivity contribution >= 4 is 0 Å². The summed E-state index contributed by atoms with van der Waals surface area (Å²) >= 11 is 0. The van der Waals surface area contributed by atoms with Gasteiger partial charge in [-0.05, 0) is 58.2 Å². The van der Waals surface area contributed by atoms with Gasteiger partial charge in [-0.25, -0.2) is 14.0 Å². The second-order valence-corrected chi connectivity index (χ2v) is 5.92. The topological polar surface area (TPSA) is 53.5 Å². The molecule has 0 aliphatic heterocycles. The van der Waals surface area contributed by atoms with E-state index in [2.05, 4.69) is 56.8 Å². The summed E-state index contributed by atoms with van der Waals surface area (Å²) in [4.78, 5) is 0. The van der Waals surface area contributed by atoms with E-state index >= 15 is 0 Å². The molecule has 3 aromatic heterocycles. The number of rotatable bonds is 3. The van der Waals surface area contributed by atoms with Crippen LogP contribution in [0.2, 0.25) is 0 Å². The monoisotopic (exact) mass is 298 g/mol. The molecule has 3 rings (SSSR count). The van der Waals surface area contributed by atoms with E-state index in [0.717, 1.165) is 33.8 Å². The van der Waals surface area contributed by atoms with Crippen molar-refractivity contribution in [3.8, 4) is 0 Å². The smallest absolute Gasteiger partial charge is 0.224 e. The quantitative estimate of drug-likeness (QED) is 0.747. The van der Waals surface area contributed by atoms with E-state index < -0.39 is 0 Å². The molecule has 0 unspecified atom stereocenters. The van der Waals surface area contributed by atoms with Gasteiger partial charge in [0.15, 0.2) is 0 Å². The number of nitrogens with zero attached hydrogens (tertiary/aromatic N) is 6. The Balaban J connectivity index is 2.25. The molecule has 6 nitrogen and oxygen atoms in total. The van der Waals surface area contributed by atoms with Crippen LogP contribution in [0.25, 0.3) is 0 Å². The molecular formula is C16H22N6. The molecule has 22 heavy (non-hydrogen) atoms. The predicted octanol–water partition coefficient (Wildman–Crippen LogP) is 2.68. The summed E-state index contributed by atoms with van der Waals surface area (Å²) in [7, 11) is 0. The third-order valence-corrected chi connectivity index (χ3v) is 4.53. The van der Waals surface area contributed by atoms with Crippen LogP contribution in [0.3, 0.4) is 0 Å². The molecule has 0 N–H and O–H groups in total. The third-order valence-electron chi connectivity index (χ3n) is 4.53. The average Bonchev–Trinajstić information content (AvgIpc) is 3.10. The first-order valence-electron chi connectivity index (χ1n) is 7.44. The molecule has 0 aliphatic carbocycles. The molecule has 0 spiro atoms. The van der Waals surface area contributed by atoms with Gasteiger partial charge in [0, 0.05) is 17.1 Å². The fourth-order valence-corrected chi connectivity index (χ4v) is 2.54. The van der Waals surface area contributed by atoms with Crippen molar-refractivity contribution in [1.29, 1.82) is 0 Å². The fraction of sp³-hybridized carbons (Fsp3) is 0.438. The summed E-state index contributed by atoms with van der Waals surface area (Å²) in [5, 5.41) is 13.7. The van der Waals surface area contributed by atoms with E-state index in [-0.39, 0.29) is 6.29 Å². The van der Waals surface area contributed by atoms with Crippen molar-refractivity contribution in [2.75, 3.05) is 0 Å². The first-order chi connectivity index (χ1) is 10.4. The lowest BCUT2D eigenvalue weighted by atomic mass is 10.3. The van der Waals surface area contributed by atoms with Crippen LogP contribution in [0, 0.1) is 41.5 Å². The maximum Gasteiger partial charge on any atom is 0.238 e. The van der Waals surface area contributed by atoms with Crippen molar-refractivity contribution in [2.24, 2.45) is 0 Å². The zero-order chi connectivity index (χ0) is 16.0. The summed E-state index contributed by atoms with van der Waals surface area (Å²) in [5.41, 5.74) is 6.83. The van der Waals surface area contributed by atoms with Crippen LogP contribution < -0.4 is 0 Å². The van der Waals surface area contributed by atoms with Gasteiger partial charge in [-0.15, -0.1) is 0 Å². The minimum Gasteiger partial charge on any atom is -0.224 e. The number of aromatic nitrogens is 6. The van der Waals surface area contributed by atoms with E-state index in [4.69, 9.17) is 0 Å². The SMILES string of the molecule is Cc1cnn(C(n2ncc(C)c2C)n2ncc(C)c2C)c1C. The average molecular weight is 298 g/mol. The van der Waals surface area contributed by atoms with Crippen LogP contribution in [-0.4, -0.2) is 29.3 Å². The second-order valence-electron chi connectivity index (χ2n) is 5.92. The van der Waals surface area contributed by atoms with Gasteiger partial charge in [0.2, 0.25) is 6.29 Å². The molecule has 0 fully saturated rings. The summed E-state index contributed by atoms with van der Waals surface area (Å²) in [6, 6.07) is 0. The lowest BCUT2D eigenvalue weighted by Crippen LogP contribution is -2.31. The highest BCUT2D eigenvalue weighted by atomic mass is 15.6. The van der Waals surface area contributed by atoms with Crippen molar-refractivity contribution < 1.29 is 0 Å². The van der Waals surface area contributed by atoms with Crippen LogP contribution in [0.5, 0.6) is 0 Å². The van der Waals surface area contributed by atoms with Crippen LogP contribution in [0.15, 0.2) is 18.6 Å². The number of hydrogen-bond donors (Lipinski definition) is 0. The molecule has 0 saturated carbocycles. The van der Waals surface area contributed by atoms with Gasteiger partial charge in [0.1, 0.15) is 0 Å². The second kappa shape index (κ2) is 5.12. The Morgan fingerprint density at radius 2 is 0.864 bits per heavy atom. The minimum atomic E-state index is -0.226. The molecule has 6 heteroatoms. The molecule has 116 valence electrons. The van der Waals surface area contributed by atoms with Gasteiger partial charge in [-0.1, -0.05) is 0 Å². The van der Waals surface area contributed by atoms with Gasteiger partial charge in [-0.3, -0.25) is 0 Å². The molecule has 3 aromatic rings. The Bertz CT molecular complexity index is 710. The van der Waals surface area contributed by atoms with E-state index in [9.17, 15) is 0 Å². The zero-order valence-electron chi connectivity index (χ0n) is 14.0. The summed E-state index contributed by atoms with van der Waals surface area (Å²) in [5.74, 6) is 0. The number of hydrogen-bond acceptors (Lipinski definition) is 3. The highest BCUT2D eigenvalue weighted by molar-refractivity contribution is 5.19. The summed E-state index contributed by atoms with van der Waals surface area (Å²) in [6.07, 6.45) is 5.44. The lowest BCUT2D eigenvalue weighted by molar-refractivity contribution is 0.270. The van der Waals surface area contributed by atoms with Crippen molar-refractivity contribution in [1.82, 2.24) is 29.3 Å². The molecule has 0 bridgehead atoms. The largest absolute Gasteiger partial charge is 0.238 e. The van der Waals surface area contributed by atoms with E-state index in [1.54, 1.807) is 0 Å². The predicted molar refractivity (Wildman–Crippen MR) is 84.9 cm³/mol. The van der Waals surface area contributed by atoms with Gasteiger partial charge in [0.05, 0.1) is 18.6 Å². The fourth-order valence-electron chi connectivity index (χ4n) is 2.54. The van der Waals surface area contributed by atoms with Crippen LogP contribution in [0.1, 0.15) is 40.1 Å². The highest BCUT2D eigenvalue weighted by Gasteiger charge is 2.24. The zero-order valence-corrected chi connectivity index (χ0v) is 14.0. The Labute approximate surface area is 130 Å². The van der Waals surface area contributed by atoms with Crippen molar-refractivity contribution in [3.05, 3.63) is 52.4 Å². The first-order valence-corrected chi connectivity index (χ1v) is 7.44. The van der Waals surface area contributed by atoms with Gasteiger partial charge < -0.3 is 0 Å². The van der Waals surface area contributed by atoms with E-state index in [1.165, 1.54) is 0 Å². The Hall–Kier alpha value is -2.37. The Morgan fingerprint density at radius 3 is 1.05 bits per heavy atom. The molecule has 0 radical (unpaired) electrons. The third kappa shape index (κ3) is 2.06. The Kier molecular flexibility index (Phi) is 3.39. The standard InChI is InChI=1S/C16H22N6/c1-10-7-17-20(13(10)4)16(21-14(5)11(2)8-18-21)22-15(6)12(3)9-19-22/h7-9,16H,1-6H3. The molecule has 0 saturated heterocycles. The summed E-state index contributed by atoms with van der Waals surface area (Å²) < 4.78 is 5.94. The molecular weight excluding hydrogens is 276 g/mol. The lowest BCUT2D eigenvalue weighted by Gasteiger charge is -2.23. The van der Waals surface area contributed by atoms with Crippen LogP contribution in [0.4, 0.5) is 0 Å². The van der Waals surface area contributed by atoms with Gasteiger partial charge in [-0.2, -0.15) is 15.3 Å². The van der Waals surface area contributed by atoms with Crippen molar-refractivity contribution in [3.63, 3.8) is 0 Å².